The Bertz CT molecular complexity index is 649. The van der Waals surface area contributed by atoms with Crippen LogP contribution in [-0.2, 0) is 41.4 Å². The predicted molar refractivity (Wildman–Crippen MR) is 98.4 cm³/mol. The quantitative estimate of drug-likeness (QED) is 0.292. The summed E-state index contributed by atoms with van der Waals surface area (Å²) in [6, 6.07) is -1.94. The zero-order chi connectivity index (χ0) is 22.0. The summed E-state index contributed by atoms with van der Waals surface area (Å²) in [6.07, 6.45) is -8.85. The lowest BCUT2D eigenvalue weighted by Gasteiger charge is -2.24. The van der Waals surface area contributed by atoms with Crippen LogP contribution >= 0.6 is 15.6 Å². The highest BCUT2D eigenvalue weighted by molar-refractivity contribution is 7.47. The first-order valence-electron chi connectivity index (χ1n) is 8.71. The first kappa shape index (κ1) is 25.4. The highest BCUT2D eigenvalue weighted by Crippen LogP contribution is 2.50. The molecule has 2 fully saturated rings. The second kappa shape index (κ2) is 10.1. The minimum Gasteiger partial charge on any atom is -0.382 e. The van der Waals surface area contributed by atoms with Gasteiger partial charge in [-0.1, -0.05) is 0 Å². The lowest BCUT2D eigenvalue weighted by molar-refractivity contribution is -0.0337. The maximum atomic E-state index is 14.3. The van der Waals surface area contributed by atoms with E-state index in [-0.39, 0.29) is 6.61 Å². The largest absolute Gasteiger partial charge is 0.472 e. The summed E-state index contributed by atoms with van der Waals surface area (Å²) >= 11 is 0. The first-order chi connectivity index (χ1) is 13.4. The highest BCUT2D eigenvalue weighted by atomic mass is 31.2. The Kier molecular flexibility index (Phi) is 8.86. The van der Waals surface area contributed by atoms with E-state index in [1.165, 1.54) is 22.8 Å². The molecule has 0 aromatic heterocycles. The number of phosphoric ester groups is 2. The molecule has 2 heterocycles. The van der Waals surface area contributed by atoms with Gasteiger partial charge in [0.2, 0.25) is 0 Å². The summed E-state index contributed by atoms with van der Waals surface area (Å²) in [6.45, 7) is -0.817. The van der Waals surface area contributed by atoms with Crippen molar-refractivity contribution in [2.45, 2.75) is 48.8 Å². The van der Waals surface area contributed by atoms with Crippen LogP contribution in [0.3, 0.4) is 0 Å². The van der Waals surface area contributed by atoms with Crippen molar-refractivity contribution in [1.82, 2.24) is 0 Å². The second-order valence-corrected chi connectivity index (χ2v) is 9.58. The fraction of sp³-hybridized carbons (Fsp3) is 1.00. The van der Waals surface area contributed by atoms with Crippen molar-refractivity contribution in [2.75, 3.05) is 27.4 Å². The molecule has 0 spiro atoms. The number of hydrogen-bond donors (Lipinski definition) is 2. The van der Waals surface area contributed by atoms with E-state index in [1.54, 1.807) is 0 Å². The third kappa shape index (κ3) is 6.54. The van der Waals surface area contributed by atoms with Gasteiger partial charge < -0.3 is 24.0 Å². The van der Waals surface area contributed by atoms with Crippen LogP contribution < -0.4 is 0 Å². The van der Waals surface area contributed by atoms with Crippen LogP contribution in [-0.4, -0.2) is 102 Å². The highest BCUT2D eigenvalue weighted by Gasteiger charge is 2.50. The molecule has 0 amide bonds. The number of ether oxygens (including phenoxy) is 3. The maximum absolute atomic E-state index is 14.3. The Balaban J connectivity index is 2.00. The number of alkyl halides is 2. The Labute approximate surface area is 168 Å². The average molecular weight is 466 g/mol. The van der Waals surface area contributed by atoms with Crippen LogP contribution in [0.1, 0.15) is 0 Å². The summed E-state index contributed by atoms with van der Waals surface area (Å²) < 4.78 is 86.4. The van der Waals surface area contributed by atoms with Gasteiger partial charge in [0.15, 0.2) is 0 Å². The third-order valence-electron chi connectivity index (χ3n) is 4.51. The standard InChI is InChI=1S/C12H24B2F2O11P2/c1-21-3-5-9(7(15)11(13)24-5)27-29(19,20)23-4-6-10(8(16)12(14)25-6)26-28(17,18)22-2/h5-12H,3-4,13-14H2,1-2H3,(H,17,18)(H,19,20)/t5?,6?,7?,8?,9-,10-,11+,12+/m0/s1. The van der Waals surface area contributed by atoms with Crippen LogP contribution in [0.2, 0.25) is 0 Å². The molecule has 0 aromatic rings. The molecule has 0 bridgehead atoms. The van der Waals surface area contributed by atoms with Crippen molar-refractivity contribution in [2.24, 2.45) is 0 Å². The van der Waals surface area contributed by atoms with E-state index < -0.39 is 71.0 Å². The van der Waals surface area contributed by atoms with E-state index in [1.807, 2.05) is 0 Å². The van der Waals surface area contributed by atoms with Crippen molar-refractivity contribution in [1.29, 1.82) is 0 Å². The summed E-state index contributed by atoms with van der Waals surface area (Å²) in [5, 5.41) is 0. The molecular formula is C12H24B2F2O11P2. The summed E-state index contributed by atoms with van der Waals surface area (Å²) in [5.41, 5.74) is 0. The molecule has 2 aliphatic rings. The van der Waals surface area contributed by atoms with Crippen molar-refractivity contribution in [3.05, 3.63) is 0 Å². The Morgan fingerprint density at radius 3 is 1.79 bits per heavy atom. The van der Waals surface area contributed by atoms with Gasteiger partial charge in [-0.2, -0.15) is 0 Å². The lowest BCUT2D eigenvalue weighted by Crippen LogP contribution is -2.36. The number of methoxy groups -OCH3 is 1. The normalized spacial score (nSPS) is 41.9. The Hall–Kier alpha value is 0.0899. The summed E-state index contributed by atoms with van der Waals surface area (Å²) in [7, 11) is -4.40. The van der Waals surface area contributed by atoms with Gasteiger partial charge in [0.05, 0.1) is 25.2 Å². The van der Waals surface area contributed by atoms with Gasteiger partial charge in [-0.15, -0.1) is 0 Å². The topological polar surface area (TPSA) is 139 Å². The first-order valence-corrected chi connectivity index (χ1v) is 11.7. The zero-order valence-corrected chi connectivity index (χ0v) is 18.0. The minimum atomic E-state index is -4.84. The number of hydrogen-bond acceptors (Lipinski definition) is 9. The van der Waals surface area contributed by atoms with Gasteiger partial charge in [0.25, 0.3) is 0 Å². The minimum absolute atomic E-state index is 0.0824. The molecule has 168 valence electrons. The molecule has 2 saturated heterocycles. The molecule has 0 aromatic carbocycles. The van der Waals surface area contributed by atoms with E-state index in [2.05, 4.69) is 4.52 Å². The summed E-state index contributed by atoms with van der Waals surface area (Å²) in [4.78, 5) is 19.4. The fourth-order valence-electron chi connectivity index (χ4n) is 3.03. The van der Waals surface area contributed by atoms with Crippen LogP contribution in [0, 0.1) is 0 Å². The van der Waals surface area contributed by atoms with E-state index >= 15 is 0 Å². The molecular weight excluding hydrogens is 442 g/mol. The van der Waals surface area contributed by atoms with Crippen LogP contribution in [0.15, 0.2) is 0 Å². The average Bonchev–Trinajstić information content (AvgIpc) is 3.05. The molecule has 2 N–H and O–H groups in total. The Morgan fingerprint density at radius 1 is 0.897 bits per heavy atom. The number of phosphoric acid groups is 2. The molecule has 2 aliphatic heterocycles. The second-order valence-electron chi connectivity index (χ2n) is 6.66. The van der Waals surface area contributed by atoms with Gasteiger partial charge in [0, 0.05) is 14.2 Å². The smallest absolute Gasteiger partial charge is 0.382 e. The van der Waals surface area contributed by atoms with Crippen molar-refractivity contribution in [3.8, 4) is 0 Å². The van der Waals surface area contributed by atoms with Crippen LogP contribution in [0.4, 0.5) is 8.78 Å². The van der Waals surface area contributed by atoms with Crippen molar-refractivity contribution < 1.29 is 60.0 Å². The summed E-state index contributed by atoms with van der Waals surface area (Å²) in [5.74, 6) is 0. The molecule has 0 aliphatic carbocycles. The fourth-order valence-corrected chi connectivity index (χ4v) is 4.64. The molecule has 0 saturated carbocycles. The molecule has 11 nitrogen and oxygen atoms in total. The molecule has 17 heteroatoms. The SMILES string of the molecule is B[C@@H]1OC(COP(=O)(O)O[C@H]2C(COC)O[C@@H](B)C2F)[C@H](OP(=O)(O)OC)C1F. The van der Waals surface area contributed by atoms with Crippen molar-refractivity contribution in [3.63, 3.8) is 0 Å². The van der Waals surface area contributed by atoms with E-state index in [9.17, 15) is 27.7 Å². The van der Waals surface area contributed by atoms with Crippen molar-refractivity contribution >= 4 is 31.3 Å². The monoisotopic (exact) mass is 466 g/mol. The van der Waals surface area contributed by atoms with Crippen LogP contribution in [0.5, 0.6) is 0 Å². The third-order valence-corrected chi connectivity index (χ3v) is 6.47. The Morgan fingerprint density at radius 2 is 1.34 bits per heavy atom. The molecule has 0 radical (unpaired) electrons. The lowest BCUT2D eigenvalue weighted by atomic mass is 9.94. The molecule has 10 atom stereocenters. The van der Waals surface area contributed by atoms with Crippen LogP contribution in [0.25, 0.3) is 0 Å². The predicted octanol–water partition coefficient (Wildman–Crippen LogP) is -1.34. The van der Waals surface area contributed by atoms with Gasteiger partial charge in [-0.05, 0) is 0 Å². The van der Waals surface area contributed by atoms with E-state index in [4.69, 9.17) is 27.8 Å². The number of halogens is 2. The number of rotatable bonds is 10. The van der Waals surface area contributed by atoms with Gasteiger partial charge in [-0.25, -0.2) is 17.9 Å². The van der Waals surface area contributed by atoms with Gasteiger partial charge >= 0.3 is 15.6 Å². The van der Waals surface area contributed by atoms with E-state index in [0.29, 0.717) is 0 Å². The zero-order valence-electron chi connectivity index (χ0n) is 16.3. The molecule has 6 unspecified atom stereocenters. The van der Waals surface area contributed by atoms with Gasteiger partial charge in [0.1, 0.15) is 52.5 Å². The van der Waals surface area contributed by atoms with Gasteiger partial charge in [-0.3, -0.25) is 18.1 Å². The molecule has 2 rings (SSSR count). The van der Waals surface area contributed by atoms with E-state index in [0.717, 1.165) is 7.11 Å². The maximum Gasteiger partial charge on any atom is 0.472 e. The molecule has 29 heavy (non-hydrogen) atoms.